The van der Waals surface area contributed by atoms with Crippen molar-refractivity contribution in [1.82, 2.24) is 3.97 Å². The minimum Gasteiger partial charge on any atom is -0.270 e. The normalized spacial score (nSPS) is 15.0. The summed E-state index contributed by atoms with van der Waals surface area (Å²) in [6, 6.07) is 7.77. The molecule has 1 heterocycles. The van der Waals surface area contributed by atoms with Crippen molar-refractivity contribution in [1.29, 1.82) is 0 Å². The zero-order chi connectivity index (χ0) is 13.3. The third-order valence-corrected chi connectivity index (χ3v) is 5.24. The minimum atomic E-state index is -2.60. The van der Waals surface area contributed by atoms with Gasteiger partial charge in [0, 0.05) is 21.0 Å². The molecule has 1 atom stereocenters. The lowest BCUT2D eigenvalue weighted by molar-refractivity contribution is 0.681. The number of aromatic nitrogens is 1. The maximum Gasteiger partial charge on any atom is 0.0796 e. The van der Waals surface area contributed by atoms with Crippen LogP contribution < -0.4 is 0 Å². The zero-order valence-corrected chi connectivity index (χ0v) is 12.5. The van der Waals surface area contributed by atoms with Gasteiger partial charge in [-0.25, -0.2) is 4.21 Å². The molecular formula is C14H14BrNOS. The highest BCUT2D eigenvalue weighted by molar-refractivity contribution is 9.10. The number of hydrogen-bond donors (Lipinski definition) is 0. The van der Waals surface area contributed by atoms with Crippen molar-refractivity contribution in [2.24, 2.45) is 0 Å². The molecule has 0 aliphatic carbocycles. The van der Waals surface area contributed by atoms with Crippen molar-refractivity contribution in [3.8, 4) is 0 Å². The van der Waals surface area contributed by atoms with Crippen LogP contribution in [0.2, 0.25) is 0 Å². The summed E-state index contributed by atoms with van der Waals surface area (Å²) >= 11 is 3.49. The van der Waals surface area contributed by atoms with E-state index in [0.29, 0.717) is 4.91 Å². The van der Waals surface area contributed by atoms with Gasteiger partial charge in [0.15, 0.2) is 0 Å². The predicted octanol–water partition coefficient (Wildman–Crippen LogP) is 3.97. The molecule has 2 rings (SSSR count). The average Bonchev–Trinajstić information content (AvgIpc) is 2.75. The first-order valence-electron chi connectivity index (χ1n) is 5.43. The van der Waals surface area contributed by atoms with E-state index in [1.807, 2.05) is 37.3 Å². The van der Waals surface area contributed by atoms with Gasteiger partial charge in [0.25, 0.3) is 0 Å². The van der Waals surface area contributed by atoms with Crippen molar-refractivity contribution in [3.05, 3.63) is 58.6 Å². The lowest BCUT2D eigenvalue weighted by Crippen LogP contribution is -2.12. The maximum absolute atomic E-state index is 12.8. The fraction of sp³-hybridized carbons (Fsp3) is 0.0714. The molecule has 2 aromatic rings. The van der Waals surface area contributed by atoms with Gasteiger partial charge in [-0.3, -0.25) is 3.97 Å². The average molecular weight is 324 g/mol. The molecule has 1 aromatic heterocycles. The smallest absolute Gasteiger partial charge is 0.0796 e. The van der Waals surface area contributed by atoms with Gasteiger partial charge in [0.2, 0.25) is 0 Å². The Morgan fingerprint density at radius 1 is 1.44 bits per heavy atom. The molecule has 0 saturated carbocycles. The number of benzene rings is 1. The first-order valence-corrected chi connectivity index (χ1v) is 7.91. The van der Waals surface area contributed by atoms with Crippen molar-refractivity contribution < 1.29 is 4.21 Å². The molecule has 2 nitrogen and oxygen atoms in total. The van der Waals surface area contributed by atoms with Crippen LogP contribution in [0.4, 0.5) is 0 Å². The summed E-state index contributed by atoms with van der Waals surface area (Å²) in [4.78, 5) is 0.512. The fourth-order valence-corrected chi connectivity index (χ4v) is 3.83. The molecule has 0 aliphatic heterocycles. The van der Waals surface area contributed by atoms with Crippen molar-refractivity contribution >= 4 is 42.4 Å². The van der Waals surface area contributed by atoms with Crippen LogP contribution in [0.1, 0.15) is 6.92 Å². The van der Waals surface area contributed by atoms with E-state index < -0.39 is 9.71 Å². The number of allylic oxidation sites excluding steroid dienone is 2. The van der Waals surface area contributed by atoms with E-state index in [2.05, 4.69) is 28.4 Å². The zero-order valence-electron chi connectivity index (χ0n) is 10.1. The van der Waals surface area contributed by atoms with Gasteiger partial charge in [0.05, 0.1) is 15.2 Å². The Hall–Kier alpha value is -1.26. The summed E-state index contributed by atoms with van der Waals surface area (Å²) in [5.41, 5.74) is 0.878. The number of para-hydroxylation sites is 1. The molecule has 94 valence electrons. The summed E-state index contributed by atoms with van der Waals surface area (Å²) in [5.74, 6) is 3.84. The molecule has 1 unspecified atom stereocenters. The van der Waals surface area contributed by atoms with Gasteiger partial charge < -0.3 is 0 Å². The Morgan fingerprint density at radius 3 is 2.83 bits per heavy atom. The molecule has 0 spiro atoms. The van der Waals surface area contributed by atoms with E-state index in [1.165, 1.54) is 0 Å². The Balaban J connectivity index is 2.73. The highest BCUT2D eigenvalue weighted by Crippen LogP contribution is 2.27. The third-order valence-electron chi connectivity index (χ3n) is 2.71. The molecule has 18 heavy (non-hydrogen) atoms. The second-order valence-corrected chi connectivity index (χ2v) is 6.98. The predicted molar refractivity (Wildman–Crippen MR) is 84.3 cm³/mol. The number of halogens is 1. The topological polar surface area (TPSA) is 22.0 Å². The number of nitrogens with zero attached hydrogens (tertiary/aromatic N) is 1. The Bertz CT molecular complexity index is 738. The maximum atomic E-state index is 12.8. The Kier molecular flexibility index (Phi) is 3.50. The van der Waals surface area contributed by atoms with Crippen LogP contribution in [0.3, 0.4) is 0 Å². The van der Waals surface area contributed by atoms with E-state index in [4.69, 9.17) is 0 Å². The van der Waals surface area contributed by atoms with E-state index in [-0.39, 0.29) is 0 Å². The van der Waals surface area contributed by atoms with Crippen LogP contribution in [0.15, 0.2) is 58.6 Å². The first kappa shape index (κ1) is 13.2. The summed E-state index contributed by atoms with van der Waals surface area (Å²) < 4.78 is 15.4. The molecule has 4 heteroatoms. The number of hydrogen-bond acceptors (Lipinski definition) is 1. The Labute approximate surface area is 116 Å². The van der Waals surface area contributed by atoms with Crippen LogP contribution in [0, 0.1) is 0 Å². The lowest BCUT2D eigenvalue weighted by atomic mass is 10.3. The fourth-order valence-electron chi connectivity index (χ4n) is 1.79. The quantitative estimate of drug-likeness (QED) is 0.618. The SMILES string of the molecule is C=C(C=CC)S(=C)(=O)n1ccc2cccc(Br)c21. The van der Waals surface area contributed by atoms with Gasteiger partial charge in [-0.05, 0) is 46.9 Å². The molecule has 0 fully saturated rings. The van der Waals surface area contributed by atoms with Crippen molar-refractivity contribution in [2.45, 2.75) is 6.92 Å². The lowest BCUT2D eigenvalue weighted by Gasteiger charge is -2.13. The monoisotopic (exact) mass is 323 g/mol. The summed E-state index contributed by atoms with van der Waals surface area (Å²) in [6.45, 7) is 5.71. The Morgan fingerprint density at radius 2 is 2.17 bits per heavy atom. The second kappa shape index (κ2) is 4.78. The molecule has 0 aliphatic rings. The van der Waals surface area contributed by atoms with Crippen molar-refractivity contribution in [2.75, 3.05) is 0 Å². The van der Waals surface area contributed by atoms with E-state index in [9.17, 15) is 4.21 Å². The van der Waals surface area contributed by atoms with Gasteiger partial charge in [-0.15, -0.1) is 0 Å². The summed E-state index contributed by atoms with van der Waals surface area (Å²) in [7, 11) is -2.60. The molecular weight excluding hydrogens is 310 g/mol. The van der Waals surface area contributed by atoms with Gasteiger partial charge in [0.1, 0.15) is 0 Å². The van der Waals surface area contributed by atoms with E-state index in [0.717, 1.165) is 15.4 Å². The highest BCUT2D eigenvalue weighted by Gasteiger charge is 2.13. The van der Waals surface area contributed by atoms with Crippen LogP contribution in [-0.2, 0) is 9.71 Å². The number of fused-ring (bicyclic) bond motifs is 1. The van der Waals surface area contributed by atoms with Crippen LogP contribution in [0.25, 0.3) is 10.9 Å². The second-order valence-electron chi connectivity index (χ2n) is 3.93. The van der Waals surface area contributed by atoms with Gasteiger partial charge in [-0.1, -0.05) is 24.8 Å². The van der Waals surface area contributed by atoms with E-state index >= 15 is 0 Å². The molecule has 0 amide bonds. The first-order chi connectivity index (χ1) is 8.48. The van der Waals surface area contributed by atoms with Gasteiger partial charge >= 0.3 is 0 Å². The number of rotatable bonds is 3. The largest absolute Gasteiger partial charge is 0.270 e. The van der Waals surface area contributed by atoms with Crippen LogP contribution in [0.5, 0.6) is 0 Å². The van der Waals surface area contributed by atoms with Crippen molar-refractivity contribution in [3.63, 3.8) is 0 Å². The summed E-state index contributed by atoms with van der Waals surface area (Å²) in [6.07, 6.45) is 5.34. The highest BCUT2D eigenvalue weighted by atomic mass is 79.9. The molecule has 0 saturated heterocycles. The molecule has 0 radical (unpaired) electrons. The van der Waals surface area contributed by atoms with E-state index in [1.54, 1.807) is 16.2 Å². The molecule has 1 aromatic carbocycles. The van der Waals surface area contributed by atoms with Crippen LogP contribution >= 0.6 is 15.9 Å². The minimum absolute atomic E-state index is 0.512. The van der Waals surface area contributed by atoms with Gasteiger partial charge in [-0.2, -0.15) is 0 Å². The van der Waals surface area contributed by atoms with Crippen LogP contribution in [-0.4, -0.2) is 14.1 Å². The third kappa shape index (κ3) is 2.06. The molecule has 0 N–H and O–H groups in total. The standard InChI is InChI=1S/C14H14BrNOS/c1-4-6-11(2)18(3,17)16-10-9-12-7-5-8-13(15)14(12)16/h4-10H,2-3H2,1H3. The summed E-state index contributed by atoms with van der Waals surface area (Å²) in [5, 5.41) is 1.02. The molecule has 0 bridgehead atoms.